The van der Waals surface area contributed by atoms with E-state index in [0.717, 1.165) is 0 Å². The molecule has 1 N–H and O–H groups in total. The van der Waals surface area contributed by atoms with E-state index in [1.165, 1.54) is 22.4 Å². The topological polar surface area (TPSA) is 101 Å². The van der Waals surface area contributed by atoms with Gasteiger partial charge in [0.05, 0.1) is 23.0 Å². The van der Waals surface area contributed by atoms with Gasteiger partial charge in [0, 0.05) is 15.4 Å². The predicted octanol–water partition coefficient (Wildman–Crippen LogP) is 4.45. The van der Waals surface area contributed by atoms with E-state index in [2.05, 4.69) is 33.9 Å². The van der Waals surface area contributed by atoms with Crippen molar-refractivity contribution in [2.75, 3.05) is 6.54 Å². The lowest BCUT2D eigenvalue weighted by Crippen LogP contribution is -2.66. The Labute approximate surface area is 205 Å². The number of hydrogen-bond donors (Lipinski definition) is 1. The molecule has 178 valence electrons. The van der Waals surface area contributed by atoms with Crippen LogP contribution in [-0.2, 0) is 23.9 Å². The van der Waals surface area contributed by atoms with Crippen molar-refractivity contribution in [3.05, 3.63) is 39.3 Å². The van der Waals surface area contributed by atoms with Crippen LogP contribution in [0.25, 0.3) is 0 Å². The van der Waals surface area contributed by atoms with Gasteiger partial charge >= 0.3 is 5.97 Å². The number of halogens is 1. The zero-order valence-corrected chi connectivity index (χ0v) is 23.3. The molecule has 3 atom stereocenters. The minimum absolute atomic E-state index is 0.0393. The average Bonchev–Trinajstić information content (AvgIpc) is 2.64. The third kappa shape index (κ3) is 6.20. The highest BCUT2D eigenvalue weighted by Crippen LogP contribution is 2.42. The standard InChI is InChI=1S/C22H32INO6SSi/c1-15(30-32(5,6)22(2,3)4)20-18(24(21(20)27)13-19(25)26)12-16(23)14-31(28,29)17-10-8-7-9-11-17/h7-11,14-15,18,20H,12-13H2,1-6H3,(H,25,26)/b16-14+/t15-,18-,20+/m1/s1. The molecule has 32 heavy (non-hydrogen) atoms. The van der Waals surface area contributed by atoms with E-state index < -0.39 is 48.7 Å². The summed E-state index contributed by atoms with van der Waals surface area (Å²) in [6.45, 7) is 12.0. The Morgan fingerprint density at radius 2 is 1.84 bits per heavy atom. The third-order valence-electron chi connectivity index (χ3n) is 6.24. The third-order valence-corrected chi connectivity index (χ3v) is 13.5. The molecule has 1 fully saturated rings. The van der Waals surface area contributed by atoms with Gasteiger partial charge in [-0.25, -0.2) is 8.42 Å². The van der Waals surface area contributed by atoms with Gasteiger partial charge in [0.15, 0.2) is 8.32 Å². The van der Waals surface area contributed by atoms with E-state index in [1.807, 2.05) is 29.5 Å². The van der Waals surface area contributed by atoms with Crippen LogP contribution < -0.4 is 0 Å². The predicted molar refractivity (Wildman–Crippen MR) is 135 cm³/mol. The van der Waals surface area contributed by atoms with Crippen LogP contribution in [0.2, 0.25) is 18.1 Å². The van der Waals surface area contributed by atoms with Gasteiger partial charge in [-0.3, -0.25) is 9.59 Å². The summed E-state index contributed by atoms with van der Waals surface area (Å²) in [5, 5.41) is 10.4. The number of β-lactam (4-membered cyclic amide) rings is 1. The molecule has 0 radical (unpaired) electrons. The van der Waals surface area contributed by atoms with Crippen molar-refractivity contribution in [1.29, 1.82) is 0 Å². The molecular weight excluding hydrogens is 561 g/mol. The van der Waals surface area contributed by atoms with Crippen molar-refractivity contribution in [2.45, 2.75) is 69.3 Å². The van der Waals surface area contributed by atoms with Gasteiger partial charge in [-0.1, -0.05) is 39.0 Å². The molecule has 7 nitrogen and oxygen atoms in total. The fraction of sp³-hybridized carbons (Fsp3) is 0.545. The first-order valence-corrected chi connectivity index (χ1v) is 16.0. The normalized spacial score (nSPS) is 21.3. The number of aliphatic carboxylic acids is 1. The highest BCUT2D eigenvalue weighted by atomic mass is 127. The molecule has 0 unspecified atom stereocenters. The van der Waals surface area contributed by atoms with Crippen molar-refractivity contribution < 1.29 is 27.5 Å². The van der Waals surface area contributed by atoms with Crippen LogP contribution >= 0.6 is 22.6 Å². The van der Waals surface area contributed by atoms with E-state index in [1.54, 1.807) is 18.2 Å². The zero-order chi connectivity index (χ0) is 24.5. The Hall–Kier alpha value is -1.24. The minimum atomic E-state index is -3.64. The molecule has 1 saturated heterocycles. The summed E-state index contributed by atoms with van der Waals surface area (Å²) in [7, 11) is -5.79. The number of sulfone groups is 1. The van der Waals surface area contributed by atoms with E-state index in [9.17, 15) is 23.1 Å². The van der Waals surface area contributed by atoms with Crippen LogP contribution in [0.5, 0.6) is 0 Å². The summed E-state index contributed by atoms with van der Waals surface area (Å²) in [5.74, 6) is -1.88. The molecule has 0 aromatic heterocycles. The summed E-state index contributed by atoms with van der Waals surface area (Å²) in [6.07, 6.45) is -0.144. The van der Waals surface area contributed by atoms with Gasteiger partial charge in [0.2, 0.25) is 15.7 Å². The Balaban J connectivity index is 2.27. The van der Waals surface area contributed by atoms with E-state index in [0.29, 0.717) is 3.58 Å². The fourth-order valence-electron chi connectivity index (χ4n) is 3.53. The van der Waals surface area contributed by atoms with Crippen LogP contribution in [0.3, 0.4) is 0 Å². The number of likely N-dealkylation sites (tertiary alicyclic amines) is 1. The minimum Gasteiger partial charge on any atom is -0.480 e. The van der Waals surface area contributed by atoms with E-state index >= 15 is 0 Å². The number of amides is 1. The summed E-state index contributed by atoms with van der Waals surface area (Å²) in [5.41, 5.74) is 0. The summed E-state index contributed by atoms with van der Waals surface area (Å²) < 4.78 is 32.3. The average molecular weight is 594 g/mol. The lowest BCUT2D eigenvalue weighted by Gasteiger charge is -2.51. The number of carbonyl (C=O) groups is 2. The molecule has 0 bridgehead atoms. The molecule has 2 rings (SSSR count). The fourth-order valence-corrected chi connectivity index (χ4v) is 7.52. The second kappa shape index (κ2) is 9.94. The molecule has 0 saturated carbocycles. The summed E-state index contributed by atoms with van der Waals surface area (Å²) in [6, 6.07) is 7.67. The molecule has 1 amide bonds. The smallest absolute Gasteiger partial charge is 0.323 e. The lowest BCUT2D eigenvalue weighted by molar-refractivity contribution is -0.168. The Morgan fingerprint density at radius 1 is 1.28 bits per heavy atom. The first kappa shape index (κ1) is 27.0. The molecule has 0 spiro atoms. The van der Waals surface area contributed by atoms with Crippen LogP contribution in [0, 0.1) is 5.92 Å². The van der Waals surface area contributed by atoms with Gasteiger partial charge in [0.25, 0.3) is 0 Å². The maximum Gasteiger partial charge on any atom is 0.323 e. The van der Waals surface area contributed by atoms with Gasteiger partial charge < -0.3 is 14.4 Å². The molecule has 1 heterocycles. The van der Waals surface area contributed by atoms with E-state index in [-0.39, 0.29) is 22.3 Å². The van der Waals surface area contributed by atoms with Crippen LogP contribution in [0.15, 0.2) is 44.2 Å². The van der Waals surface area contributed by atoms with Crippen molar-refractivity contribution in [3.8, 4) is 0 Å². The Bertz CT molecular complexity index is 987. The first-order chi connectivity index (χ1) is 14.6. The van der Waals surface area contributed by atoms with Gasteiger partial charge in [-0.2, -0.15) is 0 Å². The van der Waals surface area contributed by atoms with Gasteiger partial charge in [-0.05, 0) is 59.8 Å². The second-order valence-electron chi connectivity index (χ2n) is 9.66. The summed E-state index contributed by atoms with van der Waals surface area (Å²) >= 11 is 1.96. The molecule has 1 aliphatic rings. The number of carboxylic acid groups (broad SMARTS) is 1. The van der Waals surface area contributed by atoms with Crippen molar-refractivity contribution in [2.24, 2.45) is 5.92 Å². The number of hydrogen-bond acceptors (Lipinski definition) is 5. The van der Waals surface area contributed by atoms with Crippen molar-refractivity contribution in [1.82, 2.24) is 4.90 Å². The molecule has 10 heteroatoms. The lowest BCUT2D eigenvalue weighted by atomic mass is 9.81. The van der Waals surface area contributed by atoms with Crippen LogP contribution in [0.4, 0.5) is 0 Å². The molecular formula is C22H32INO6SSi. The molecule has 1 aromatic carbocycles. The number of rotatable bonds is 9. The quantitative estimate of drug-likeness (QED) is 0.258. The highest BCUT2D eigenvalue weighted by molar-refractivity contribution is 14.1. The molecule has 0 aliphatic carbocycles. The maximum absolute atomic E-state index is 12.8. The maximum atomic E-state index is 12.8. The number of benzene rings is 1. The van der Waals surface area contributed by atoms with Crippen LogP contribution in [-0.4, -0.2) is 57.3 Å². The Morgan fingerprint density at radius 3 is 2.34 bits per heavy atom. The monoisotopic (exact) mass is 593 g/mol. The number of carboxylic acids is 1. The molecule has 1 aromatic rings. The SMILES string of the molecule is C[C@@H](O[Si](C)(C)C(C)(C)C)[C@@H]1C(=O)N(CC(=O)O)[C@@H]1C/C(I)=C\S(=O)(=O)c1ccccc1. The van der Waals surface area contributed by atoms with Gasteiger partial charge in [0.1, 0.15) is 6.54 Å². The largest absolute Gasteiger partial charge is 0.480 e. The number of carbonyl (C=O) groups excluding carboxylic acids is 1. The van der Waals surface area contributed by atoms with Crippen molar-refractivity contribution in [3.63, 3.8) is 0 Å². The highest BCUT2D eigenvalue weighted by Gasteiger charge is 2.52. The zero-order valence-electron chi connectivity index (χ0n) is 19.3. The van der Waals surface area contributed by atoms with Crippen LogP contribution in [0.1, 0.15) is 34.1 Å². The first-order valence-electron chi connectivity index (χ1n) is 10.4. The van der Waals surface area contributed by atoms with E-state index in [4.69, 9.17) is 4.43 Å². The van der Waals surface area contributed by atoms with Gasteiger partial charge in [-0.15, -0.1) is 0 Å². The molecule has 1 aliphatic heterocycles. The second-order valence-corrected chi connectivity index (χ2v) is 17.6. The van der Waals surface area contributed by atoms with Crippen molar-refractivity contribution >= 4 is 52.6 Å². The summed E-state index contributed by atoms with van der Waals surface area (Å²) in [4.78, 5) is 25.6. The Kier molecular flexibility index (Phi) is 8.39. The number of nitrogens with zero attached hydrogens (tertiary/aromatic N) is 1.